The van der Waals surface area contributed by atoms with Crippen LogP contribution in [0.3, 0.4) is 0 Å². The molecule has 19 heavy (non-hydrogen) atoms. The highest BCUT2D eigenvalue weighted by Crippen LogP contribution is 2.28. The number of hydrogen-bond acceptors (Lipinski definition) is 1. The maximum atomic E-state index is 6.07. The summed E-state index contributed by atoms with van der Waals surface area (Å²) < 4.78 is 6.07. The zero-order chi connectivity index (χ0) is 13.1. The summed E-state index contributed by atoms with van der Waals surface area (Å²) in [6.07, 6.45) is 5.16. The van der Waals surface area contributed by atoms with Gasteiger partial charge < -0.3 is 4.74 Å². The van der Waals surface area contributed by atoms with Crippen LogP contribution in [0.1, 0.15) is 42.6 Å². The van der Waals surface area contributed by atoms with E-state index in [0.717, 1.165) is 5.75 Å². The second-order valence-electron chi connectivity index (χ2n) is 5.31. The molecule has 1 heteroatoms. The molecule has 3 rings (SSSR count). The van der Waals surface area contributed by atoms with Crippen molar-refractivity contribution in [1.82, 2.24) is 0 Å². The molecule has 0 saturated carbocycles. The van der Waals surface area contributed by atoms with Crippen LogP contribution in [-0.4, -0.2) is 0 Å². The first-order chi connectivity index (χ1) is 9.33. The summed E-state index contributed by atoms with van der Waals surface area (Å²) in [5, 5.41) is 0. The maximum absolute atomic E-state index is 6.07. The average molecular weight is 252 g/mol. The lowest BCUT2D eigenvalue weighted by atomic mass is 9.92. The van der Waals surface area contributed by atoms with Crippen molar-refractivity contribution in [2.75, 3.05) is 0 Å². The lowest BCUT2D eigenvalue weighted by Gasteiger charge is -2.19. The smallest absolute Gasteiger partial charge is 0.121 e. The molecule has 0 amide bonds. The monoisotopic (exact) mass is 252 g/mol. The molecule has 0 saturated heterocycles. The third kappa shape index (κ3) is 2.81. The SMILES string of the molecule is CC(Oc1ccc2c(c1)CCCC2)c1ccccc1. The molecular weight excluding hydrogens is 232 g/mol. The Bertz CT molecular complexity index is 545. The van der Waals surface area contributed by atoms with E-state index in [-0.39, 0.29) is 6.10 Å². The highest BCUT2D eigenvalue weighted by atomic mass is 16.5. The van der Waals surface area contributed by atoms with Crippen molar-refractivity contribution in [2.24, 2.45) is 0 Å². The van der Waals surface area contributed by atoms with Crippen LogP contribution in [0, 0.1) is 0 Å². The molecule has 0 heterocycles. The summed E-state index contributed by atoms with van der Waals surface area (Å²) in [6.45, 7) is 2.11. The third-order valence-electron chi connectivity index (χ3n) is 3.90. The highest BCUT2D eigenvalue weighted by Gasteiger charge is 2.12. The Kier molecular flexibility index (Phi) is 3.54. The summed E-state index contributed by atoms with van der Waals surface area (Å²) in [7, 11) is 0. The topological polar surface area (TPSA) is 9.23 Å². The van der Waals surface area contributed by atoms with Crippen LogP contribution in [0.4, 0.5) is 0 Å². The molecule has 98 valence electrons. The van der Waals surface area contributed by atoms with E-state index < -0.39 is 0 Å². The summed E-state index contributed by atoms with van der Waals surface area (Å²) in [5.41, 5.74) is 4.20. The zero-order valence-electron chi connectivity index (χ0n) is 11.4. The van der Waals surface area contributed by atoms with Gasteiger partial charge in [0.1, 0.15) is 11.9 Å². The van der Waals surface area contributed by atoms with Gasteiger partial charge in [0.2, 0.25) is 0 Å². The Balaban J connectivity index is 1.76. The summed E-state index contributed by atoms with van der Waals surface area (Å²) in [4.78, 5) is 0. The molecule has 0 aromatic heterocycles. The van der Waals surface area contributed by atoms with E-state index in [4.69, 9.17) is 4.74 Å². The van der Waals surface area contributed by atoms with Gasteiger partial charge in [-0.2, -0.15) is 0 Å². The van der Waals surface area contributed by atoms with Gasteiger partial charge in [0.05, 0.1) is 0 Å². The van der Waals surface area contributed by atoms with Crippen LogP contribution in [0.2, 0.25) is 0 Å². The minimum atomic E-state index is 0.0999. The van der Waals surface area contributed by atoms with E-state index in [2.05, 4.69) is 49.4 Å². The first kappa shape index (κ1) is 12.3. The molecule has 1 atom stereocenters. The van der Waals surface area contributed by atoms with Crippen LogP contribution in [0.25, 0.3) is 0 Å². The molecule has 1 nitrogen and oxygen atoms in total. The minimum absolute atomic E-state index is 0.0999. The fourth-order valence-electron chi connectivity index (χ4n) is 2.78. The molecule has 1 aliphatic rings. The molecule has 1 unspecified atom stereocenters. The van der Waals surface area contributed by atoms with Gasteiger partial charge in [0.25, 0.3) is 0 Å². The van der Waals surface area contributed by atoms with Crippen molar-refractivity contribution in [2.45, 2.75) is 38.7 Å². The second-order valence-corrected chi connectivity index (χ2v) is 5.31. The van der Waals surface area contributed by atoms with Gasteiger partial charge in [0.15, 0.2) is 0 Å². The zero-order valence-corrected chi connectivity index (χ0v) is 11.4. The van der Waals surface area contributed by atoms with Gasteiger partial charge in [-0.1, -0.05) is 36.4 Å². The lowest BCUT2D eigenvalue weighted by molar-refractivity contribution is 0.226. The van der Waals surface area contributed by atoms with E-state index in [1.54, 1.807) is 0 Å². The Labute approximate surface area is 115 Å². The standard InChI is InChI=1S/C18H20O/c1-14(15-7-3-2-4-8-15)19-18-12-11-16-9-5-6-10-17(16)13-18/h2-4,7-8,11-14H,5-6,9-10H2,1H3. The van der Waals surface area contributed by atoms with Crippen molar-refractivity contribution < 1.29 is 4.74 Å². The number of ether oxygens (including phenoxy) is 1. The van der Waals surface area contributed by atoms with Gasteiger partial charge in [-0.05, 0) is 61.4 Å². The van der Waals surface area contributed by atoms with Crippen LogP contribution >= 0.6 is 0 Å². The van der Waals surface area contributed by atoms with Gasteiger partial charge >= 0.3 is 0 Å². The fraction of sp³-hybridized carbons (Fsp3) is 0.333. The number of rotatable bonds is 3. The van der Waals surface area contributed by atoms with E-state index in [1.165, 1.54) is 42.4 Å². The largest absolute Gasteiger partial charge is 0.486 e. The van der Waals surface area contributed by atoms with Crippen molar-refractivity contribution in [3.63, 3.8) is 0 Å². The molecule has 0 aliphatic heterocycles. The predicted molar refractivity (Wildman–Crippen MR) is 78.6 cm³/mol. The molecule has 0 N–H and O–H groups in total. The van der Waals surface area contributed by atoms with E-state index in [1.807, 2.05) is 6.07 Å². The van der Waals surface area contributed by atoms with Crippen LogP contribution < -0.4 is 4.74 Å². The number of fused-ring (bicyclic) bond motifs is 1. The molecular formula is C18H20O. The van der Waals surface area contributed by atoms with Gasteiger partial charge in [-0.3, -0.25) is 0 Å². The maximum Gasteiger partial charge on any atom is 0.121 e. The molecule has 0 spiro atoms. The number of hydrogen-bond donors (Lipinski definition) is 0. The molecule has 0 fully saturated rings. The van der Waals surface area contributed by atoms with Crippen LogP contribution in [-0.2, 0) is 12.8 Å². The van der Waals surface area contributed by atoms with Crippen molar-refractivity contribution in [3.8, 4) is 5.75 Å². The van der Waals surface area contributed by atoms with Gasteiger partial charge in [0, 0.05) is 0 Å². The number of aryl methyl sites for hydroxylation is 2. The normalized spacial score (nSPS) is 15.6. The van der Waals surface area contributed by atoms with Crippen LogP contribution in [0.15, 0.2) is 48.5 Å². The van der Waals surface area contributed by atoms with Crippen molar-refractivity contribution in [3.05, 3.63) is 65.2 Å². The molecule has 1 aliphatic carbocycles. The summed E-state index contributed by atoms with van der Waals surface area (Å²) >= 11 is 0. The predicted octanol–water partition coefficient (Wildman–Crippen LogP) is 4.71. The van der Waals surface area contributed by atoms with Crippen molar-refractivity contribution >= 4 is 0 Å². The number of benzene rings is 2. The molecule has 0 bridgehead atoms. The molecule has 2 aromatic rings. The molecule has 0 radical (unpaired) electrons. The quantitative estimate of drug-likeness (QED) is 0.769. The van der Waals surface area contributed by atoms with Gasteiger partial charge in [-0.15, -0.1) is 0 Å². The average Bonchev–Trinajstić information content (AvgIpc) is 2.48. The van der Waals surface area contributed by atoms with E-state index in [0.29, 0.717) is 0 Å². The van der Waals surface area contributed by atoms with Gasteiger partial charge in [-0.25, -0.2) is 0 Å². The van der Waals surface area contributed by atoms with E-state index in [9.17, 15) is 0 Å². The summed E-state index contributed by atoms with van der Waals surface area (Å²) in [6, 6.07) is 17.0. The second kappa shape index (κ2) is 5.48. The Morgan fingerprint density at radius 1 is 0.895 bits per heavy atom. The van der Waals surface area contributed by atoms with E-state index >= 15 is 0 Å². The first-order valence-electron chi connectivity index (χ1n) is 7.16. The Morgan fingerprint density at radius 3 is 2.42 bits per heavy atom. The minimum Gasteiger partial charge on any atom is -0.486 e. The molecule has 2 aromatic carbocycles. The first-order valence-corrected chi connectivity index (χ1v) is 7.16. The Hall–Kier alpha value is -1.76. The third-order valence-corrected chi connectivity index (χ3v) is 3.90. The van der Waals surface area contributed by atoms with Crippen LogP contribution in [0.5, 0.6) is 5.75 Å². The Morgan fingerprint density at radius 2 is 1.63 bits per heavy atom. The highest BCUT2D eigenvalue weighted by molar-refractivity contribution is 5.37. The summed E-state index contributed by atoms with van der Waals surface area (Å²) in [5.74, 6) is 0.997. The fourth-order valence-corrected chi connectivity index (χ4v) is 2.78. The van der Waals surface area contributed by atoms with Crippen molar-refractivity contribution in [1.29, 1.82) is 0 Å². The lowest BCUT2D eigenvalue weighted by Crippen LogP contribution is -2.06.